The summed E-state index contributed by atoms with van der Waals surface area (Å²) in [6, 6.07) is 15.5. The Labute approximate surface area is 162 Å². The van der Waals surface area contributed by atoms with Crippen molar-refractivity contribution in [1.29, 1.82) is 0 Å². The van der Waals surface area contributed by atoms with Gasteiger partial charge < -0.3 is 19.3 Å². The topological polar surface area (TPSA) is 54.9 Å². The minimum absolute atomic E-state index is 0.00797. The van der Waals surface area contributed by atoms with Gasteiger partial charge in [0.2, 0.25) is 0 Å². The fourth-order valence-corrected chi connectivity index (χ4v) is 3.97. The molecule has 2 heterocycles. The van der Waals surface area contributed by atoms with Crippen LogP contribution in [0.1, 0.15) is 0 Å². The van der Waals surface area contributed by atoms with E-state index in [1.807, 2.05) is 29.2 Å². The van der Waals surface area contributed by atoms with E-state index >= 15 is 0 Å². The fraction of sp³-hybridized carbons (Fsp3) is 0.300. The van der Waals surface area contributed by atoms with Gasteiger partial charge in [0.25, 0.3) is 5.91 Å². The van der Waals surface area contributed by atoms with Gasteiger partial charge in [-0.25, -0.2) is 0 Å². The van der Waals surface area contributed by atoms with Crippen LogP contribution in [0.4, 0.5) is 5.82 Å². The van der Waals surface area contributed by atoms with Crippen molar-refractivity contribution < 1.29 is 14.3 Å². The zero-order valence-corrected chi connectivity index (χ0v) is 15.9. The molecule has 0 aliphatic carbocycles. The Kier molecular flexibility index (Phi) is 5.11. The van der Waals surface area contributed by atoms with Gasteiger partial charge in [0.05, 0.1) is 11.8 Å². The quantitative estimate of drug-likeness (QED) is 0.678. The van der Waals surface area contributed by atoms with E-state index in [1.54, 1.807) is 19.2 Å². The first kappa shape index (κ1) is 17.6. The van der Waals surface area contributed by atoms with Crippen LogP contribution in [0.5, 0.6) is 11.5 Å². The molecule has 3 aromatic rings. The molecule has 1 aliphatic heterocycles. The van der Waals surface area contributed by atoms with Crippen LogP contribution in [-0.2, 0) is 4.79 Å². The molecule has 0 spiro atoms. The number of methoxy groups -OCH3 is 1. The molecule has 1 amide bonds. The monoisotopic (exact) mass is 383 g/mol. The lowest BCUT2D eigenvalue weighted by Gasteiger charge is -2.35. The predicted octanol–water partition coefficient (Wildman–Crippen LogP) is 3.03. The van der Waals surface area contributed by atoms with Gasteiger partial charge in [-0.3, -0.25) is 4.79 Å². The number of carbonyl (C=O) groups excluding carboxylic acids is 1. The van der Waals surface area contributed by atoms with Gasteiger partial charge in [-0.2, -0.15) is 4.37 Å². The summed E-state index contributed by atoms with van der Waals surface area (Å²) in [7, 11) is 1.62. The molecule has 27 heavy (non-hydrogen) atoms. The number of aromatic nitrogens is 1. The van der Waals surface area contributed by atoms with Crippen LogP contribution < -0.4 is 14.4 Å². The molecule has 0 radical (unpaired) electrons. The van der Waals surface area contributed by atoms with E-state index < -0.39 is 0 Å². The molecular formula is C20H21N3O3S. The second kappa shape index (κ2) is 7.84. The molecule has 1 saturated heterocycles. The molecule has 4 rings (SSSR count). The van der Waals surface area contributed by atoms with Gasteiger partial charge in [0.1, 0.15) is 17.3 Å². The molecule has 0 bridgehead atoms. The van der Waals surface area contributed by atoms with Gasteiger partial charge in [-0.05, 0) is 47.9 Å². The fourth-order valence-electron chi connectivity index (χ4n) is 3.18. The Balaban J connectivity index is 1.31. The van der Waals surface area contributed by atoms with E-state index in [-0.39, 0.29) is 12.5 Å². The first-order valence-corrected chi connectivity index (χ1v) is 9.66. The highest BCUT2D eigenvalue weighted by atomic mass is 32.1. The molecule has 0 atom stereocenters. The average molecular weight is 383 g/mol. The van der Waals surface area contributed by atoms with Crippen molar-refractivity contribution in [3.05, 3.63) is 48.5 Å². The number of amides is 1. The number of piperazine rings is 1. The lowest BCUT2D eigenvalue weighted by atomic mass is 10.2. The Morgan fingerprint density at radius 3 is 2.48 bits per heavy atom. The van der Waals surface area contributed by atoms with E-state index in [1.165, 1.54) is 21.6 Å². The molecule has 2 aromatic carbocycles. The number of ether oxygens (including phenoxy) is 2. The van der Waals surface area contributed by atoms with Crippen LogP contribution in [0, 0.1) is 0 Å². The van der Waals surface area contributed by atoms with Crippen LogP contribution in [-0.4, -0.2) is 55.1 Å². The van der Waals surface area contributed by atoms with Crippen molar-refractivity contribution in [2.24, 2.45) is 0 Å². The number of carbonyl (C=O) groups is 1. The lowest BCUT2D eigenvalue weighted by Crippen LogP contribution is -2.50. The Morgan fingerprint density at radius 2 is 1.74 bits per heavy atom. The summed E-state index contributed by atoms with van der Waals surface area (Å²) in [4.78, 5) is 16.6. The molecule has 1 aliphatic rings. The summed E-state index contributed by atoms with van der Waals surface area (Å²) in [6.45, 7) is 2.96. The van der Waals surface area contributed by atoms with Gasteiger partial charge in [-0.1, -0.05) is 12.1 Å². The lowest BCUT2D eigenvalue weighted by molar-refractivity contribution is -0.133. The third kappa shape index (κ3) is 3.83. The molecule has 6 nitrogen and oxygen atoms in total. The number of rotatable bonds is 5. The number of hydrogen-bond donors (Lipinski definition) is 0. The summed E-state index contributed by atoms with van der Waals surface area (Å²) in [6.07, 6.45) is 0. The van der Waals surface area contributed by atoms with Crippen molar-refractivity contribution in [2.75, 3.05) is 44.8 Å². The van der Waals surface area contributed by atoms with E-state index in [4.69, 9.17) is 9.47 Å². The highest BCUT2D eigenvalue weighted by Gasteiger charge is 2.23. The molecule has 1 fully saturated rings. The maximum atomic E-state index is 12.4. The summed E-state index contributed by atoms with van der Waals surface area (Å²) >= 11 is 1.52. The molecule has 0 unspecified atom stereocenters. The molecule has 140 valence electrons. The number of fused-ring (bicyclic) bond motifs is 1. The summed E-state index contributed by atoms with van der Waals surface area (Å²) in [5, 5.41) is 1.19. The van der Waals surface area contributed by atoms with Crippen LogP contribution in [0.3, 0.4) is 0 Å². The molecule has 0 saturated carbocycles. The largest absolute Gasteiger partial charge is 0.497 e. The van der Waals surface area contributed by atoms with Crippen LogP contribution in [0.25, 0.3) is 10.1 Å². The third-order valence-corrected chi connectivity index (χ3v) is 5.53. The van der Waals surface area contributed by atoms with E-state index in [9.17, 15) is 4.79 Å². The standard InChI is InChI=1S/C20H21N3O3S/c1-25-15-6-8-16(9-7-15)26-14-19(24)22-10-12-23(13-11-22)20-17-4-2-3-5-18(17)27-21-20/h2-9H,10-14H2,1H3. The van der Waals surface area contributed by atoms with Gasteiger partial charge >= 0.3 is 0 Å². The zero-order chi connectivity index (χ0) is 18.6. The second-order valence-corrected chi connectivity index (χ2v) is 7.14. The maximum Gasteiger partial charge on any atom is 0.260 e. The second-order valence-electron chi connectivity index (χ2n) is 6.33. The smallest absolute Gasteiger partial charge is 0.260 e. The van der Waals surface area contributed by atoms with Gasteiger partial charge in [0, 0.05) is 31.6 Å². The number of hydrogen-bond acceptors (Lipinski definition) is 6. The predicted molar refractivity (Wildman–Crippen MR) is 107 cm³/mol. The summed E-state index contributed by atoms with van der Waals surface area (Å²) in [5.41, 5.74) is 0. The van der Waals surface area contributed by atoms with Crippen molar-refractivity contribution >= 4 is 33.3 Å². The minimum atomic E-state index is 0.00797. The Bertz CT molecular complexity index is 918. The number of anilines is 1. The summed E-state index contributed by atoms with van der Waals surface area (Å²) < 4.78 is 16.5. The van der Waals surface area contributed by atoms with Crippen molar-refractivity contribution in [3.8, 4) is 11.5 Å². The Hall–Kier alpha value is -2.80. The van der Waals surface area contributed by atoms with E-state index in [0.29, 0.717) is 18.8 Å². The van der Waals surface area contributed by atoms with E-state index in [2.05, 4.69) is 21.4 Å². The number of nitrogens with zero attached hydrogens (tertiary/aromatic N) is 3. The third-order valence-electron chi connectivity index (χ3n) is 4.71. The van der Waals surface area contributed by atoms with Crippen LogP contribution in [0.2, 0.25) is 0 Å². The van der Waals surface area contributed by atoms with E-state index in [0.717, 1.165) is 24.7 Å². The van der Waals surface area contributed by atoms with Gasteiger partial charge in [-0.15, -0.1) is 0 Å². The van der Waals surface area contributed by atoms with Crippen molar-refractivity contribution in [3.63, 3.8) is 0 Å². The minimum Gasteiger partial charge on any atom is -0.497 e. The van der Waals surface area contributed by atoms with Crippen LogP contribution in [0.15, 0.2) is 48.5 Å². The van der Waals surface area contributed by atoms with Crippen LogP contribution >= 0.6 is 11.5 Å². The molecule has 0 N–H and O–H groups in total. The summed E-state index contributed by atoms with van der Waals surface area (Å²) in [5.74, 6) is 2.46. The molecule has 7 heteroatoms. The van der Waals surface area contributed by atoms with Crippen molar-refractivity contribution in [1.82, 2.24) is 9.27 Å². The SMILES string of the molecule is COc1ccc(OCC(=O)N2CCN(c3nsc4ccccc34)CC2)cc1. The maximum absolute atomic E-state index is 12.4. The first-order valence-electron chi connectivity index (χ1n) is 8.88. The van der Waals surface area contributed by atoms with Crippen molar-refractivity contribution in [2.45, 2.75) is 0 Å². The highest BCUT2D eigenvalue weighted by molar-refractivity contribution is 7.13. The highest BCUT2D eigenvalue weighted by Crippen LogP contribution is 2.29. The normalized spacial score (nSPS) is 14.4. The first-order chi connectivity index (χ1) is 13.2. The number of benzene rings is 2. The molecule has 1 aromatic heterocycles. The van der Waals surface area contributed by atoms with Gasteiger partial charge in [0.15, 0.2) is 6.61 Å². The Morgan fingerprint density at radius 1 is 1.04 bits per heavy atom. The molecular weight excluding hydrogens is 362 g/mol. The zero-order valence-electron chi connectivity index (χ0n) is 15.1. The average Bonchev–Trinajstić information content (AvgIpc) is 3.16.